The Balaban J connectivity index is 2.33. The van der Waals surface area contributed by atoms with Crippen molar-refractivity contribution < 1.29 is 0 Å². The normalized spacial score (nSPS) is 10.7. The molecule has 2 N–H and O–H groups in total. The van der Waals surface area contributed by atoms with Gasteiger partial charge in [0.25, 0.3) is 0 Å². The lowest BCUT2D eigenvalue weighted by atomic mass is 9.96. The van der Waals surface area contributed by atoms with Gasteiger partial charge in [-0.05, 0) is 39.6 Å². The summed E-state index contributed by atoms with van der Waals surface area (Å²) in [7, 11) is 0. The van der Waals surface area contributed by atoms with E-state index in [1.165, 1.54) is 27.5 Å². The highest BCUT2D eigenvalue weighted by atomic mass is 14.5. The molecule has 3 aromatic carbocycles. The SMILES string of the molecule is NCc1cc(-c2ccccc2)c2ccccc2c1. The first-order chi connectivity index (χ1) is 8.88. The van der Waals surface area contributed by atoms with Crippen molar-refractivity contribution in [3.63, 3.8) is 0 Å². The first-order valence-electron chi connectivity index (χ1n) is 6.15. The molecule has 0 saturated heterocycles. The van der Waals surface area contributed by atoms with Crippen molar-refractivity contribution in [1.29, 1.82) is 0 Å². The van der Waals surface area contributed by atoms with Gasteiger partial charge in [-0.25, -0.2) is 0 Å². The topological polar surface area (TPSA) is 26.0 Å². The third-order valence-electron chi connectivity index (χ3n) is 3.24. The lowest BCUT2D eigenvalue weighted by molar-refractivity contribution is 1.08. The van der Waals surface area contributed by atoms with Crippen LogP contribution in [-0.2, 0) is 6.54 Å². The summed E-state index contributed by atoms with van der Waals surface area (Å²) < 4.78 is 0. The summed E-state index contributed by atoms with van der Waals surface area (Å²) in [5.41, 5.74) is 9.46. The zero-order valence-corrected chi connectivity index (χ0v) is 10.1. The highest BCUT2D eigenvalue weighted by Gasteiger charge is 2.05. The smallest absolute Gasteiger partial charge is 0.0178 e. The average molecular weight is 233 g/mol. The molecule has 0 spiro atoms. The molecule has 0 atom stereocenters. The Kier molecular flexibility index (Phi) is 2.83. The summed E-state index contributed by atoms with van der Waals surface area (Å²) >= 11 is 0. The second-order valence-corrected chi connectivity index (χ2v) is 4.43. The van der Waals surface area contributed by atoms with Gasteiger partial charge in [0, 0.05) is 6.54 Å². The number of hydrogen-bond donors (Lipinski definition) is 1. The van der Waals surface area contributed by atoms with E-state index >= 15 is 0 Å². The molecule has 88 valence electrons. The number of benzene rings is 3. The number of hydrogen-bond acceptors (Lipinski definition) is 1. The Labute approximate surface area is 107 Å². The van der Waals surface area contributed by atoms with Gasteiger partial charge in [-0.3, -0.25) is 0 Å². The Hall–Kier alpha value is -2.12. The fraction of sp³-hybridized carbons (Fsp3) is 0.0588. The minimum atomic E-state index is 0.574. The number of nitrogens with two attached hydrogens (primary N) is 1. The van der Waals surface area contributed by atoms with Gasteiger partial charge < -0.3 is 5.73 Å². The van der Waals surface area contributed by atoms with E-state index in [0.717, 1.165) is 0 Å². The molecular weight excluding hydrogens is 218 g/mol. The van der Waals surface area contributed by atoms with Crippen molar-refractivity contribution in [1.82, 2.24) is 0 Å². The molecule has 1 nitrogen and oxygen atoms in total. The lowest BCUT2D eigenvalue weighted by Gasteiger charge is -2.09. The van der Waals surface area contributed by atoms with E-state index in [1.807, 2.05) is 6.07 Å². The molecule has 0 unspecified atom stereocenters. The molecular formula is C17H15N. The van der Waals surface area contributed by atoms with Gasteiger partial charge >= 0.3 is 0 Å². The van der Waals surface area contributed by atoms with Crippen LogP contribution in [-0.4, -0.2) is 0 Å². The molecule has 0 aliphatic rings. The van der Waals surface area contributed by atoms with Gasteiger partial charge in [0.2, 0.25) is 0 Å². The maximum absolute atomic E-state index is 5.79. The van der Waals surface area contributed by atoms with Crippen LogP contribution in [0.3, 0.4) is 0 Å². The average Bonchev–Trinajstić information content (AvgIpc) is 2.47. The van der Waals surface area contributed by atoms with Crippen LogP contribution in [0.5, 0.6) is 0 Å². The van der Waals surface area contributed by atoms with Crippen molar-refractivity contribution >= 4 is 10.8 Å². The third kappa shape index (κ3) is 1.89. The van der Waals surface area contributed by atoms with Crippen LogP contribution in [0.1, 0.15) is 5.56 Å². The fourth-order valence-corrected chi connectivity index (χ4v) is 2.35. The molecule has 18 heavy (non-hydrogen) atoms. The van der Waals surface area contributed by atoms with Crippen molar-refractivity contribution in [2.75, 3.05) is 0 Å². The predicted octanol–water partition coefficient (Wildman–Crippen LogP) is 3.97. The molecule has 3 aromatic rings. The zero-order valence-electron chi connectivity index (χ0n) is 10.1. The summed E-state index contributed by atoms with van der Waals surface area (Å²) in [5, 5.41) is 2.53. The Morgan fingerprint density at radius 1 is 0.778 bits per heavy atom. The van der Waals surface area contributed by atoms with E-state index in [2.05, 4.69) is 60.7 Å². The first kappa shape index (κ1) is 11.0. The minimum Gasteiger partial charge on any atom is -0.326 e. The molecule has 0 fully saturated rings. The van der Waals surface area contributed by atoms with Gasteiger partial charge in [0.1, 0.15) is 0 Å². The maximum atomic E-state index is 5.79. The van der Waals surface area contributed by atoms with Gasteiger partial charge in [-0.15, -0.1) is 0 Å². The molecule has 3 rings (SSSR count). The lowest BCUT2D eigenvalue weighted by Crippen LogP contribution is -1.96. The van der Waals surface area contributed by atoms with Crippen LogP contribution in [0.25, 0.3) is 21.9 Å². The molecule has 0 bridgehead atoms. The van der Waals surface area contributed by atoms with E-state index in [-0.39, 0.29) is 0 Å². The van der Waals surface area contributed by atoms with E-state index in [9.17, 15) is 0 Å². The second-order valence-electron chi connectivity index (χ2n) is 4.43. The van der Waals surface area contributed by atoms with Gasteiger partial charge in [0.05, 0.1) is 0 Å². The zero-order chi connectivity index (χ0) is 12.4. The summed E-state index contributed by atoms with van der Waals surface area (Å²) in [6.45, 7) is 0.574. The molecule has 0 saturated carbocycles. The van der Waals surface area contributed by atoms with Gasteiger partial charge in [-0.2, -0.15) is 0 Å². The number of fused-ring (bicyclic) bond motifs is 1. The largest absolute Gasteiger partial charge is 0.326 e. The summed E-state index contributed by atoms with van der Waals surface area (Å²) in [6, 6.07) is 23.3. The van der Waals surface area contributed by atoms with Crippen LogP contribution in [0, 0.1) is 0 Å². The maximum Gasteiger partial charge on any atom is 0.0178 e. The van der Waals surface area contributed by atoms with Gasteiger partial charge in [0.15, 0.2) is 0 Å². The van der Waals surface area contributed by atoms with E-state index in [1.54, 1.807) is 0 Å². The van der Waals surface area contributed by atoms with E-state index in [4.69, 9.17) is 5.73 Å². The van der Waals surface area contributed by atoms with Crippen molar-refractivity contribution in [2.24, 2.45) is 5.73 Å². The second kappa shape index (κ2) is 4.63. The minimum absolute atomic E-state index is 0.574. The molecule has 0 aliphatic heterocycles. The molecule has 0 radical (unpaired) electrons. The third-order valence-corrected chi connectivity index (χ3v) is 3.24. The molecule has 0 amide bonds. The fourth-order valence-electron chi connectivity index (χ4n) is 2.35. The molecule has 0 heterocycles. The van der Waals surface area contributed by atoms with Crippen LogP contribution in [0.15, 0.2) is 66.7 Å². The van der Waals surface area contributed by atoms with Crippen molar-refractivity contribution in [3.05, 3.63) is 72.3 Å². The predicted molar refractivity (Wildman–Crippen MR) is 77.3 cm³/mol. The summed E-state index contributed by atoms with van der Waals surface area (Å²) in [4.78, 5) is 0. The summed E-state index contributed by atoms with van der Waals surface area (Å²) in [5.74, 6) is 0. The highest BCUT2D eigenvalue weighted by Crippen LogP contribution is 2.29. The number of rotatable bonds is 2. The van der Waals surface area contributed by atoms with Crippen molar-refractivity contribution in [2.45, 2.75) is 6.54 Å². The quantitative estimate of drug-likeness (QED) is 0.712. The Morgan fingerprint density at radius 3 is 2.28 bits per heavy atom. The molecule has 0 aliphatic carbocycles. The Morgan fingerprint density at radius 2 is 1.50 bits per heavy atom. The van der Waals surface area contributed by atoms with Gasteiger partial charge in [-0.1, -0.05) is 54.6 Å². The van der Waals surface area contributed by atoms with E-state index < -0.39 is 0 Å². The van der Waals surface area contributed by atoms with Crippen molar-refractivity contribution in [3.8, 4) is 11.1 Å². The molecule has 1 heteroatoms. The highest BCUT2D eigenvalue weighted by molar-refractivity contribution is 5.97. The van der Waals surface area contributed by atoms with Crippen LogP contribution in [0.4, 0.5) is 0 Å². The summed E-state index contributed by atoms with van der Waals surface area (Å²) in [6.07, 6.45) is 0. The monoisotopic (exact) mass is 233 g/mol. The first-order valence-corrected chi connectivity index (χ1v) is 6.15. The standard InChI is InChI=1S/C17H15N/c18-12-13-10-15-8-4-5-9-16(15)17(11-13)14-6-2-1-3-7-14/h1-11H,12,18H2. The van der Waals surface area contributed by atoms with Crippen LogP contribution < -0.4 is 5.73 Å². The van der Waals surface area contributed by atoms with Crippen LogP contribution in [0.2, 0.25) is 0 Å². The molecule has 0 aromatic heterocycles. The van der Waals surface area contributed by atoms with Crippen LogP contribution >= 0.6 is 0 Å². The van der Waals surface area contributed by atoms with E-state index in [0.29, 0.717) is 6.54 Å². The Bertz CT molecular complexity index is 672.